The van der Waals surface area contributed by atoms with Crippen molar-refractivity contribution in [3.05, 3.63) is 59.8 Å². The summed E-state index contributed by atoms with van der Waals surface area (Å²) in [6.45, 7) is -1.24. The number of guanidine groups is 1. The van der Waals surface area contributed by atoms with Crippen LogP contribution < -0.4 is 21.5 Å². The van der Waals surface area contributed by atoms with Crippen molar-refractivity contribution in [2.45, 2.75) is 24.4 Å². The van der Waals surface area contributed by atoms with Crippen molar-refractivity contribution in [2.24, 2.45) is 23.5 Å². The second-order valence-electron chi connectivity index (χ2n) is 8.29. The van der Waals surface area contributed by atoms with Crippen LogP contribution in [0.25, 0.3) is 10.9 Å². The van der Waals surface area contributed by atoms with Crippen LogP contribution in [-0.4, -0.2) is 85.5 Å². The fourth-order valence-electron chi connectivity index (χ4n) is 3.55. The Balaban J connectivity index is 0.00000507. The first-order chi connectivity index (χ1) is 17.5. The Hall–Kier alpha value is -3.72. The zero-order chi connectivity index (χ0) is 27.3. The summed E-state index contributed by atoms with van der Waals surface area (Å²) in [6, 6.07) is 12.6. The lowest BCUT2D eigenvalue weighted by Crippen LogP contribution is -2.49. The lowest BCUT2D eigenvalue weighted by molar-refractivity contribution is -0.113. The Morgan fingerprint density at radius 2 is 1.63 bits per heavy atom. The summed E-state index contributed by atoms with van der Waals surface area (Å²) in [5, 5.41) is 51.0. The number of rotatable bonds is 10. The first kappa shape index (κ1) is 30.5. The molecule has 14 heteroatoms. The van der Waals surface area contributed by atoms with E-state index in [-0.39, 0.29) is 35.4 Å². The van der Waals surface area contributed by atoms with E-state index in [4.69, 9.17) is 21.3 Å². The molecule has 4 atom stereocenters. The Morgan fingerprint density at radius 1 is 1.00 bits per heavy atom. The summed E-state index contributed by atoms with van der Waals surface area (Å²) >= 11 is 0. The van der Waals surface area contributed by atoms with Crippen LogP contribution in [0.2, 0.25) is 0 Å². The van der Waals surface area contributed by atoms with Crippen molar-refractivity contribution >= 4 is 46.8 Å². The Bertz CT molecular complexity index is 1290. The molecule has 0 aliphatic carbocycles. The van der Waals surface area contributed by atoms with E-state index in [0.717, 1.165) is 0 Å². The van der Waals surface area contributed by atoms with E-state index in [1.54, 1.807) is 48.0 Å². The quantitative estimate of drug-likeness (QED) is 0.0655. The summed E-state index contributed by atoms with van der Waals surface area (Å²) in [5.41, 5.74) is 12.2. The maximum atomic E-state index is 12.7. The van der Waals surface area contributed by atoms with Gasteiger partial charge in [-0.2, -0.15) is 0 Å². The van der Waals surface area contributed by atoms with Crippen molar-refractivity contribution in [3.63, 3.8) is 0 Å². The Labute approximate surface area is 223 Å². The highest BCUT2D eigenvalue weighted by Crippen LogP contribution is 2.25. The molecule has 38 heavy (non-hydrogen) atoms. The number of nitrogens with two attached hydrogens (primary N) is 2. The molecule has 0 radical (unpaired) electrons. The molecule has 1 heterocycles. The summed E-state index contributed by atoms with van der Waals surface area (Å²) in [7, 11) is 1.62. The van der Waals surface area contributed by atoms with Crippen molar-refractivity contribution in [1.82, 2.24) is 9.88 Å². The van der Waals surface area contributed by atoms with Gasteiger partial charge in [-0.05, 0) is 42.5 Å². The number of esters is 1. The molecule has 1 amide bonds. The number of hydrogen-bond donors (Lipinski definition) is 8. The van der Waals surface area contributed by atoms with Gasteiger partial charge >= 0.3 is 5.97 Å². The molecule has 0 aliphatic heterocycles. The van der Waals surface area contributed by atoms with Crippen molar-refractivity contribution in [3.8, 4) is 5.75 Å². The molecule has 0 unspecified atom stereocenters. The van der Waals surface area contributed by atoms with Crippen molar-refractivity contribution in [1.29, 1.82) is 0 Å². The largest absolute Gasteiger partial charge is 0.423 e. The molecule has 0 fully saturated rings. The minimum Gasteiger partial charge on any atom is -0.423 e. The monoisotopic (exact) mass is 551 g/mol. The van der Waals surface area contributed by atoms with Gasteiger partial charge < -0.3 is 51.6 Å². The molecular weight excluding hydrogens is 522 g/mol. The lowest BCUT2D eigenvalue weighted by atomic mass is 10.0. The van der Waals surface area contributed by atoms with Crippen LogP contribution >= 0.6 is 12.4 Å². The fourth-order valence-corrected chi connectivity index (χ4v) is 3.55. The standard InChI is InChI=1S/C24H29N5O8.ClH/c1-29-16-9-15(37-23(36)12-2-5-14(6-3-12)28-24(25)26)7-4-13(16)8-17(29)22(35)27-10-18(31)20(33)21(34)19(32)11-30;/h2-9,18-21,30-34H,10-11H2,1H3,(H,27,35)(H4,25,26,28);1H/t18-,19+,20+,21+;/m0./s1. The average Bonchev–Trinajstić information content (AvgIpc) is 3.21. The summed E-state index contributed by atoms with van der Waals surface area (Å²) in [5.74, 6) is -1.05. The predicted octanol–water partition coefficient (Wildman–Crippen LogP) is -1.11. The normalized spacial score (nSPS) is 14.1. The number of aliphatic hydroxyl groups is 5. The van der Waals surface area contributed by atoms with Gasteiger partial charge in [0.05, 0.1) is 29.5 Å². The SMILES string of the molecule is Cl.Cn1c(C(=O)NC[C@H](O)[C@@H](O)[C@H](O)[C@H](O)CO)cc2ccc(OC(=O)c3ccc(N=C(N)N)cc3)cc21. The van der Waals surface area contributed by atoms with Crippen LogP contribution in [0.1, 0.15) is 20.8 Å². The second-order valence-corrected chi connectivity index (χ2v) is 8.29. The van der Waals surface area contributed by atoms with Gasteiger partial charge in [-0.25, -0.2) is 9.79 Å². The molecule has 0 bridgehead atoms. The molecule has 13 nitrogen and oxygen atoms in total. The van der Waals surface area contributed by atoms with E-state index < -0.39 is 49.4 Å². The number of ether oxygens (including phenoxy) is 1. The van der Waals surface area contributed by atoms with Gasteiger partial charge in [0.2, 0.25) is 0 Å². The minimum atomic E-state index is -1.80. The van der Waals surface area contributed by atoms with Gasteiger partial charge in [-0.3, -0.25) is 4.79 Å². The van der Waals surface area contributed by atoms with E-state index >= 15 is 0 Å². The third kappa shape index (κ3) is 7.19. The number of aliphatic hydroxyl groups excluding tert-OH is 5. The molecule has 206 valence electrons. The molecule has 2 aromatic carbocycles. The first-order valence-corrected chi connectivity index (χ1v) is 11.1. The maximum absolute atomic E-state index is 12.7. The van der Waals surface area contributed by atoms with Crippen LogP contribution in [0.5, 0.6) is 5.75 Å². The fraction of sp³-hybridized carbons (Fsp3) is 0.292. The van der Waals surface area contributed by atoms with Gasteiger partial charge in [0.25, 0.3) is 5.91 Å². The maximum Gasteiger partial charge on any atom is 0.343 e. The zero-order valence-corrected chi connectivity index (χ0v) is 21.1. The molecule has 3 aromatic rings. The van der Waals surface area contributed by atoms with Crippen LogP contribution in [0.4, 0.5) is 5.69 Å². The highest BCUT2D eigenvalue weighted by atomic mass is 35.5. The topological polar surface area (TPSA) is 226 Å². The molecular formula is C24H30ClN5O8. The van der Waals surface area contributed by atoms with Crippen LogP contribution in [0, 0.1) is 0 Å². The smallest absolute Gasteiger partial charge is 0.343 e. The number of amides is 1. The molecule has 3 rings (SSSR count). The third-order valence-corrected chi connectivity index (χ3v) is 5.62. The number of aliphatic imine (C=N–C) groups is 1. The number of fused-ring (bicyclic) bond motifs is 1. The predicted molar refractivity (Wildman–Crippen MR) is 140 cm³/mol. The van der Waals surface area contributed by atoms with Gasteiger partial charge in [-0.15, -0.1) is 12.4 Å². The summed E-state index contributed by atoms with van der Waals surface area (Å²) in [4.78, 5) is 29.1. The van der Waals surface area contributed by atoms with E-state index in [0.29, 0.717) is 16.6 Å². The number of aryl methyl sites for hydroxylation is 1. The molecule has 1 aromatic heterocycles. The van der Waals surface area contributed by atoms with Crippen LogP contribution in [0.3, 0.4) is 0 Å². The molecule has 0 aliphatic rings. The minimum absolute atomic E-state index is 0. The van der Waals surface area contributed by atoms with Crippen molar-refractivity contribution < 1.29 is 39.9 Å². The Kier molecular flexibility index (Phi) is 10.6. The summed E-state index contributed by atoms with van der Waals surface area (Å²) in [6.07, 6.45) is -6.85. The molecule has 10 N–H and O–H groups in total. The first-order valence-electron chi connectivity index (χ1n) is 11.1. The highest BCUT2D eigenvalue weighted by Gasteiger charge is 2.30. The number of benzene rings is 2. The van der Waals surface area contributed by atoms with Crippen LogP contribution in [-0.2, 0) is 7.05 Å². The Morgan fingerprint density at radius 3 is 2.24 bits per heavy atom. The number of hydrogen-bond acceptors (Lipinski definition) is 9. The van der Waals surface area contributed by atoms with E-state index in [9.17, 15) is 30.0 Å². The number of nitrogens with zero attached hydrogens (tertiary/aromatic N) is 2. The van der Waals surface area contributed by atoms with Gasteiger partial charge in [0.1, 0.15) is 29.8 Å². The zero-order valence-electron chi connectivity index (χ0n) is 20.3. The summed E-state index contributed by atoms with van der Waals surface area (Å²) < 4.78 is 7.00. The average molecular weight is 552 g/mol. The third-order valence-electron chi connectivity index (χ3n) is 5.62. The highest BCUT2D eigenvalue weighted by molar-refractivity contribution is 5.99. The number of nitrogens with one attached hydrogen (secondary N) is 1. The number of carbonyl (C=O) groups is 2. The molecule has 0 spiro atoms. The van der Waals surface area contributed by atoms with E-state index in [1.165, 1.54) is 12.1 Å². The van der Waals surface area contributed by atoms with Gasteiger partial charge in [0, 0.05) is 25.0 Å². The number of halogens is 1. The van der Waals surface area contributed by atoms with Crippen molar-refractivity contribution in [2.75, 3.05) is 13.2 Å². The van der Waals surface area contributed by atoms with Crippen LogP contribution in [0.15, 0.2) is 53.5 Å². The molecule has 0 saturated heterocycles. The second kappa shape index (κ2) is 13.2. The lowest BCUT2D eigenvalue weighted by Gasteiger charge is -2.25. The molecule has 0 saturated carbocycles. The van der Waals surface area contributed by atoms with Gasteiger partial charge in [0.15, 0.2) is 5.96 Å². The van der Waals surface area contributed by atoms with E-state index in [1.807, 2.05) is 0 Å². The number of carbonyl (C=O) groups excluding carboxylic acids is 2. The van der Waals surface area contributed by atoms with Gasteiger partial charge in [-0.1, -0.05) is 0 Å². The van der Waals surface area contributed by atoms with E-state index in [2.05, 4.69) is 10.3 Å². The number of aromatic nitrogens is 1.